The molecule has 48 heavy (non-hydrogen) atoms. The van der Waals surface area contributed by atoms with E-state index in [2.05, 4.69) is 4.98 Å². The fourth-order valence-corrected chi connectivity index (χ4v) is 10.7. The number of allylic oxidation sites excluding steroid dienone is 6. The third kappa shape index (κ3) is 3.90. The SMILES string of the molecule is CC1=CC2(C)C(=C3C(=C4C(C)=C(c5ccc(-c6nc(-c7ccccc7)c(-c7ccccc7)[nH]6)cc5)SC42C)C(F)(F)C(F)(F)C3(F)F)S1. The van der Waals surface area contributed by atoms with Crippen molar-refractivity contribution in [2.75, 3.05) is 0 Å². The second-order valence-electron chi connectivity index (χ2n) is 12.9. The monoisotopic (exact) mass is 690 g/mol. The van der Waals surface area contributed by atoms with E-state index in [-0.39, 0.29) is 10.5 Å². The maximum Gasteiger partial charge on any atom is 0.380 e. The van der Waals surface area contributed by atoms with Crippen LogP contribution in [0.25, 0.3) is 38.8 Å². The molecule has 0 bridgehead atoms. The van der Waals surface area contributed by atoms with Crippen molar-refractivity contribution in [3.8, 4) is 33.9 Å². The van der Waals surface area contributed by atoms with Gasteiger partial charge in [-0.2, -0.15) is 26.3 Å². The fourth-order valence-electron chi connectivity index (χ4n) is 7.58. The average molecular weight is 691 g/mol. The van der Waals surface area contributed by atoms with Gasteiger partial charge in [0.15, 0.2) is 0 Å². The minimum atomic E-state index is -5.57. The van der Waals surface area contributed by atoms with Crippen molar-refractivity contribution in [3.05, 3.63) is 129 Å². The van der Waals surface area contributed by atoms with Gasteiger partial charge >= 0.3 is 17.8 Å². The zero-order valence-corrected chi connectivity index (χ0v) is 27.8. The number of benzene rings is 3. The van der Waals surface area contributed by atoms with Gasteiger partial charge in [-0.3, -0.25) is 0 Å². The zero-order valence-electron chi connectivity index (χ0n) is 26.2. The molecule has 1 N–H and O–H groups in total. The summed E-state index contributed by atoms with van der Waals surface area (Å²) in [6.07, 6.45) is 1.76. The number of nitrogens with zero attached hydrogens (tertiary/aromatic N) is 1. The molecule has 1 saturated carbocycles. The van der Waals surface area contributed by atoms with E-state index in [1.807, 2.05) is 84.9 Å². The van der Waals surface area contributed by atoms with E-state index in [1.54, 1.807) is 33.8 Å². The number of aromatic amines is 1. The molecule has 10 heteroatoms. The Morgan fingerprint density at radius 2 is 1.21 bits per heavy atom. The van der Waals surface area contributed by atoms with Crippen LogP contribution in [0.3, 0.4) is 0 Å². The molecule has 4 aromatic rings. The van der Waals surface area contributed by atoms with Gasteiger partial charge in [-0.1, -0.05) is 103 Å². The van der Waals surface area contributed by atoms with E-state index >= 15 is 26.3 Å². The topological polar surface area (TPSA) is 28.7 Å². The van der Waals surface area contributed by atoms with Crippen LogP contribution in [0.1, 0.15) is 33.3 Å². The summed E-state index contributed by atoms with van der Waals surface area (Å²) in [7, 11) is 0. The van der Waals surface area contributed by atoms with Crippen molar-refractivity contribution >= 4 is 28.4 Å². The molecule has 2 aliphatic heterocycles. The number of aromatic nitrogens is 2. The summed E-state index contributed by atoms with van der Waals surface area (Å²) < 4.78 is 91.1. The van der Waals surface area contributed by atoms with Crippen LogP contribution in [-0.4, -0.2) is 32.5 Å². The summed E-state index contributed by atoms with van der Waals surface area (Å²) in [6.45, 7) is 6.66. The Balaban J connectivity index is 1.25. The van der Waals surface area contributed by atoms with Crippen molar-refractivity contribution in [2.45, 2.75) is 50.2 Å². The zero-order chi connectivity index (χ0) is 34.0. The first-order valence-corrected chi connectivity index (χ1v) is 17.0. The van der Waals surface area contributed by atoms with Gasteiger partial charge in [0.1, 0.15) is 5.82 Å². The van der Waals surface area contributed by atoms with Crippen LogP contribution < -0.4 is 0 Å². The molecule has 2 aliphatic carbocycles. The molecule has 0 radical (unpaired) electrons. The number of fused-ring (bicyclic) bond motifs is 4. The molecule has 1 aromatic heterocycles. The molecule has 4 aliphatic rings. The van der Waals surface area contributed by atoms with Gasteiger partial charge in [-0.05, 0) is 49.3 Å². The first-order chi connectivity index (χ1) is 22.6. The second-order valence-corrected chi connectivity index (χ2v) is 15.6. The average Bonchev–Trinajstić information content (AvgIpc) is 3.75. The van der Waals surface area contributed by atoms with Crippen LogP contribution >= 0.6 is 23.5 Å². The number of hydrogen-bond acceptors (Lipinski definition) is 3. The van der Waals surface area contributed by atoms with Gasteiger partial charge in [0.05, 0.1) is 16.1 Å². The lowest BCUT2D eigenvalue weighted by atomic mass is 9.65. The molecule has 0 saturated heterocycles. The highest BCUT2D eigenvalue weighted by atomic mass is 32.2. The van der Waals surface area contributed by atoms with Crippen molar-refractivity contribution in [1.29, 1.82) is 0 Å². The molecular formula is C38H28F6N2S2. The van der Waals surface area contributed by atoms with E-state index < -0.39 is 39.1 Å². The quantitative estimate of drug-likeness (QED) is 0.216. The molecule has 8 rings (SSSR count). The first-order valence-electron chi connectivity index (χ1n) is 15.4. The van der Waals surface area contributed by atoms with E-state index in [0.29, 0.717) is 26.8 Å². The van der Waals surface area contributed by atoms with Crippen LogP contribution in [-0.2, 0) is 0 Å². The highest BCUT2D eigenvalue weighted by Crippen LogP contribution is 2.77. The summed E-state index contributed by atoms with van der Waals surface area (Å²) in [4.78, 5) is 9.48. The number of thioether (sulfide) groups is 2. The predicted molar refractivity (Wildman–Crippen MR) is 182 cm³/mol. The number of halogens is 6. The maximum atomic E-state index is 15.7. The number of hydrogen-bond donors (Lipinski definition) is 1. The van der Waals surface area contributed by atoms with E-state index in [0.717, 1.165) is 39.8 Å². The standard InChI is InChI=1S/C38H28F6N2S2/c1-20-19-34(3)32(47-20)28-27(36(39,40)38(43,44)37(28,41)42)26-21(2)31(48-35(26,34)4)24-15-17-25(18-16-24)33-45-29(22-11-7-5-8-12-22)30(46-33)23-13-9-6-10-14-23/h5-19H,1-4H3,(H,45,46). The Labute approximate surface area is 282 Å². The van der Waals surface area contributed by atoms with Gasteiger partial charge in [0.2, 0.25) is 0 Å². The van der Waals surface area contributed by atoms with E-state index in [9.17, 15) is 0 Å². The third-order valence-corrected chi connectivity index (χ3v) is 13.1. The molecular weight excluding hydrogens is 663 g/mol. The lowest BCUT2D eigenvalue weighted by molar-refractivity contribution is -0.258. The van der Waals surface area contributed by atoms with E-state index in [1.165, 1.54) is 11.8 Å². The van der Waals surface area contributed by atoms with Crippen LogP contribution in [0.5, 0.6) is 0 Å². The Morgan fingerprint density at radius 1 is 0.646 bits per heavy atom. The number of alkyl halides is 6. The Morgan fingerprint density at radius 3 is 1.83 bits per heavy atom. The molecule has 2 nitrogen and oxygen atoms in total. The lowest BCUT2D eigenvalue weighted by Crippen LogP contribution is -2.47. The number of nitrogens with one attached hydrogen (secondary N) is 1. The Kier molecular flexibility index (Phi) is 6.59. The van der Waals surface area contributed by atoms with Gasteiger partial charge in [0, 0.05) is 43.1 Å². The number of H-pyrrole nitrogens is 1. The summed E-state index contributed by atoms with van der Waals surface area (Å²) in [5.74, 6) is -15.0. The van der Waals surface area contributed by atoms with Gasteiger partial charge < -0.3 is 4.98 Å². The van der Waals surface area contributed by atoms with Crippen molar-refractivity contribution in [1.82, 2.24) is 9.97 Å². The predicted octanol–water partition coefficient (Wildman–Crippen LogP) is 11.8. The third-order valence-electron chi connectivity index (χ3n) is 10.1. The fraction of sp³-hybridized carbons (Fsp3) is 0.237. The smallest absolute Gasteiger partial charge is 0.337 e. The van der Waals surface area contributed by atoms with Crippen LogP contribution in [0.15, 0.2) is 123 Å². The minimum Gasteiger partial charge on any atom is -0.337 e. The van der Waals surface area contributed by atoms with Gasteiger partial charge in [-0.15, -0.1) is 11.8 Å². The largest absolute Gasteiger partial charge is 0.380 e. The molecule has 2 unspecified atom stereocenters. The summed E-state index contributed by atoms with van der Waals surface area (Å²) in [6, 6.07) is 27.1. The van der Waals surface area contributed by atoms with Crippen molar-refractivity contribution in [2.24, 2.45) is 5.41 Å². The molecule has 2 atom stereocenters. The van der Waals surface area contributed by atoms with Crippen LogP contribution in [0.2, 0.25) is 0 Å². The van der Waals surface area contributed by atoms with Gasteiger partial charge in [-0.25, -0.2) is 4.98 Å². The molecule has 1 fully saturated rings. The lowest BCUT2D eigenvalue weighted by Gasteiger charge is -2.47. The normalized spacial score (nSPS) is 26.5. The number of rotatable bonds is 4. The van der Waals surface area contributed by atoms with E-state index in [4.69, 9.17) is 4.98 Å². The molecule has 244 valence electrons. The van der Waals surface area contributed by atoms with Crippen LogP contribution in [0, 0.1) is 5.41 Å². The summed E-state index contributed by atoms with van der Waals surface area (Å²) in [5.41, 5.74) is 1.51. The second kappa shape index (κ2) is 10.1. The molecule has 3 aromatic carbocycles. The van der Waals surface area contributed by atoms with Crippen molar-refractivity contribution in [3.63, 3.8) is 0 Å². The maximum absolute atomic E-state index is 15.7. The Hall–Kier alpha value is -3.89. The summed E-state index contributed by atoms with van der Waals surface area (Å²) >= 11 is 2.16. The first kappa shape index (κ1) is 31.4. The highest BCUT2D eigenvalue weighted by molar-refractivity contribution is 8.10. The Bertz CT molecular complexity index is 2090. The summed E-state index contributed by atoms with van der Waals surface area (Å²) in [5, 5.41) is 0. The highest BCUT2D eigenvalue weighted by Gasteiger charge is 2.84. The van der Waals surface area contributed by atoms with Gasteiger partial charge in [0.25, 0.3) is 0 Å². The van der Waals surface area contributed by atoms with Crippen molar-refractivity contribution < 1.29 is 26.3 Å². The molecule has 0 amide bonds. The minimum absolute atomic E-state index is 0.124. The van der Waals surface area contributed by atoms with Crippen LogP contribution in [0.4, 0.5) is 26.3 Å². The molecule has 0 spiro atoms. The number of imidazole rings is 1. The molecule has 3 heterocycles.